The van der Waals surface area contributed by atoms with Crippen molar-refractivity contribution in [2.45, 2.75) is 44.3 Å². The van der Waals surface area contributed by atoms with Crippen LogP contribution in [0, 0.1) is 5.92 Å². The molecule has 2 aliphatic heterocycles. The lowest BCUT2D eigenvalue weighted by Crippen LogP contribution is -2.41. The maximum atomic E-state index is 12.2. The second-order valence-electron chi connectivity index (χ2n) is 5.96. The number of thiophene rings is 1. The monoisotopic (exact) mass is 308 g/mol. The SMILES string of the molecule is CC(NC(=O)CN1C2CCC1C(C(=O)O)C2)c1cccs1. The molecule has 0 saturated carbocycles. The highest BCUT2D eigenvalue weighted by Gasteiger charge is 2.49. The number of rotatable bonds is 5. The Labute approximate surface area is 128 Å². The van der Waals surface area contributed by atoms with Crippen LogP contribution in [0.3, 0.4) is 0 Å². The Balaban J connectivity index is 1.57. The van der Waals surface area contributed by atoms with Crippen LogP contribution in [0.1, 0.15) is 37.1 Å². The van der Waals surface area contributed by atoms with Crippen LogP contribution in [0.4, 0.5) is 0 Å². The van der Waals surface area contributed by atoms with Gasteiger partial charge in [-0.05, 0) is 37.6 Å². The van der Waals surface area contributed by atoms with Gasteiger partial charge in [0.25, 0.3) is 0 Å². The summed E-state index contributed by atoms with van der Waals surface area (Å²) in [5, 5.41) is 14.2. The summed E-state index contributed by atoms with van der Waals surface area (Å²) in [6.07, 6.45) is 2.60. The van der Waals surface area contributed by atoms with Crippen LogP contribution in [-0.4, -0.2) is 40.5 Å². The molecule has 0 radical (unpaired) electrons. The molecule has 0 aromatic carbocycles. The molecule has 114 valence electrons. The molecule has 1 aromatic rings. The highest BCUT2D eigenvalue weighted by Crippen LogP contribution is 2.41. The molecular formula is C15H20N2O3S. The minimum Gasteiger partial charge on any atom is -0.481 e. The van der Waals surface area contributed by atoms with Crippen molar-refractivity contribution in [3.05, 3.63) is 22.4 Å². The molecule has 3 heterocycles. The normalized spacial score (nSPS) is 29.5. The first-order chi connectivity index (χ1) is 10.1. The third-order valence-corrected chi connectivity index (χ3v) is 5.73. The van der Waals surface area contributed by atoms with Crippen LogP contribution in [-0.2, 0) is 9.59 Å². The molecule has 0 aliphatic carbocycles. The zero-order valence-electron chi connectivity index (χ0n) is 12.0. The minimum atomic E-state index is -0.723. The number of carbonyl (C=O) groups excluding carboxylic acids is 1. The standard InChI is InChI=1S/C15H20N2O3S/c1-9(13-3-2-6-21-13)16-14(18)8-17-10-4-5-12(17)11(7-10)15(19)20/h2-3,6,9-12H,4-5,7-8H2,1H3,(H,16,18)(H,19,20). The van der Waals surface area contributed by atoms with Gasteiger partial charge in [-0.3, -0.25) is 14.5 Å². The first kappa shape index (κ1) is 14.5. The maximum Gasteiger partial charge on any atom is 0.308 e. The van der Waals surface area contributed by atoms with Gasteiger partial charge in [-0.2, -0.15) is 0 Å². The van der Waals surface area contributed by atoms with Gasteiger partial charge in [-0.25, -0.2) is 0 Å². The van der Waals surface area contributed by atoms with Crippen molar-refractivity contribution in [1.29, 1.82) is 0 Å². The summed E-state index contributed by atoms with van der Waals surface area (Å²) in [6, 6.07) is 4.29. The number of nitrogens with one attached hydrogen (secondary N) is 1. The van der Waals surface area contributed by atoms with E-state index in [4.69, 9.17) is 0 Å². The van der Waals surface area contributed by atoms with Crippen molar-refractivity contribution >= 4 is 23.2 Å². The summed E-state index contributed by atoms with van der Waals surface area (Å²) >= 11 is 1.63. The summed E-state index contributed by atoms with van der Waals surface area (Å²) in [7, 11) is 0. The number of aliphatic carboxylic acids is 1. The lowest BCUT2D eigenvalue weighted by molar-refractivity contribution is -0.143. The van der Waals surface area contributed by atoms with E-state index in [1.807, 2.05) is 24.4 Å². The topological polar surface area (TPSA) is 69.6 Å². The highest BCUT2D eigenvalue weighted by atomic mass is 32.1. The molecule has 4 unspecified atom stereocenters. The van der Waals surface area contributed by atoms with E-state index < -0.39 is 5.97 Å². The van der Waals surface area contributed by atoms with Crippen LogP contribution in [0.5, 0.6) is 0 Å². The number of fused-ring (bicyclic) bond motifs is 2. The lowest BCUT2D eigenvalue weighted by Gasteiger charge is -2.23. The van der Waals surface area contributed by atoms with Crippen molar-refractivity contribution in [1.82, 2.24) is 10.2 Å². The summed E-state index contributed by atoms with van der Waals surface area (Å²) < 4.78 is 0. The van der Waals surface area contributed by atoms with Crippen molar-refractivity contribution < 1.29 is 14.7 Å². The summed E-state index contributed by atoms with van der Waals surface area (Å²) in [4.78, 5) is 26.7. The van der Waals surface area contributed by atoms with E-state index in [-0.39, 0.29) is 30.0 Å². The number of amides is 1. The number of carbonyl (C=O) groups is 2. The zero-order chi connectivity index (χ0) is 15.0. The Kier molecular flexibility index (Phi) is 3.99. The summed E-state index contributed by atoms with van der Waals surface area (Å²) in [5.74, 6) is -1.04. The molecule has 3 rings (SSSR count). The van der Waals surface area contributed by atoms with E-state index in [0.717, 1.165) is 17.7 Å². The first-order valence-corrected chi connectivity index (χ1v) is 8.25. The highest BCUT2D eigenvalue weighted by molar-refractivity contribution is 7.10. The smallest absolute Gasteiger partial charge is 0.308 e. The number of carboxylic acid groups (broad SMARTS) is 1. The van der Waals surface area contributed by atoms with Crippen LogP contribution in [0.25, 0.3) is 0 Å². The Morgan fingerprint density at radius 3 is 2.95 bits per heavy atom. The third-order valence-electron chi connectivity index (χ3n) is 4.67. The van der Waals surface area contributed by atoms with E-state index in [1.54, 1.807) is 11.3 Å². The molecule has 1 aromatic heterocycles. The van der Waals surface area contributed by atoms with Gasteiger partial charge in [0.15, 0.2) is 0 Å². The number of hydrogen-bond donors (Lipinski definition) is 2. The van der Waals surface area contributed by atoms with Crippen LogP contribution >= 0.6 is 11.3 Å². The molecule has 2 bridgehead atoms. The molecule has 6 heteroatoms. The average Bonchev–Trinajstić information content (AvgIpc) is 3.14. The maximum absolute atomic E-state index is 12.2. The molecule has 2 N–H and O–H groups in total. The Hall–Kier alpha value is -1.40. The number of nitrogens with zero attached hydrogens (tertiary/aromatic N) is 1. The molecular weight excluding hydrogens is 288 g/mol. The van der Waals surface area contributed by atoms with Gasteiger partial charge in [0.1, 0.15) is 0 Å². The van der Waals surface area contributed by atoms with E-state index in [1.165, 1.54) is 0 Å². The molecule has 4 atom stereocenters. The quantitative estimate of drug-likeness (QED) is 0.871. The van der Waals surface area contributed by atoms with E-state index in [2.05, 4.69) is 10.2 Å². The van der Waals surface area contributed by atoms with Gasteiger partial charge in [-0.1, -0.05) is 6.07 Å². The van der Waals surface area contributed by atoms with Gasteiger partial charge < -0.3 is 10.4 Å². The molecule has 1 amide bonds. The summed E-state index contributed by atoms with van der Waals surface area (Å²) in [5.41, 5.74) is 0. The van der Waals surface area contributed by atoms with E-state index in [9.17, 15) is 14.7 Å². The fourth-order valence-electron chi connectivity index (χ4n) is 3.67. The van der Waals surface area contributed by atoms with Crippen LogP contribution in [0.15, 0.2) is 17.5 Å². The third kappa shape index (κ3) is 2.82. The summed E-state index contributed by atoms with van der Waals surface area (Å²) in [6.45, 7) is 2.29. The van der Waals surface area contributed by atoms with Gasteiger partial charge in [-0.15, -0.1) is 11.3 Å². The molecule has 5 nitrogen and oxygen atoms in total. The number of carboxylic acids is 1. The molecule has 2 saturated heterocycles. The second kappa shape index (κ2) is 5.77. The molecule has 2 fully saturated rings. The van der Waals surface area contributed by atoms with Crippen molar-refractivity contribution in [3.63, 3.8) is 0 Å². The largest absolute Gasteiger partial charge is 0.481 e. The number of hydrogen-bond acceptors (Lipinski definition) is 4. The first-order valence-electron chi connectivity index (χ1n) is 7.37. The minimum absolute atomic E-state index is 0.00743. The molecule has 2 aliphatic rings. The molecule has 0 spiro atoms. The van der Waals surface area contributed by atoms with Crippen LogP contribution < -0.4 is 5.32 Å². The van der Waals surface area contributed by atoms with Crippen molar-refractivity contribution in [3.8, 4) is 0 Å². The Morgan fingerprint density at radius 1 is 1.52 bits per heavy atom. The van der Waals surface area contributed by atoms with Gasteiger partial charge in [0.05, 0.1) is 18.5 Å². The molecule has 21 heavy (non-hydrogen) atoms. The zero-order valence-corrected chi connectivity index (χ0v) is 12.8. The Morgan fingerprint density at radius 2 is 2.33 bits per heavy atom. The predicted octanol–water partition coefficient (Wildman–Crippen LogP) is 1.86. The second-order valence-corrected chi connectivity index (χ2v) is 6.94. The van der Waals surface area contributed by atoms with Crippen molar-refractivity contribution in [2.75, 3.05) is 6.54 Å². The fourth-order valence-corrected chi connectivity index (χ4v) is 4.41. The Bertz CT molecular complexity index is 531. The average molecular weight is 308 g/mol. The van der Waals surface area contributed by atoms with E-state index in [0.29, 0.717) is 13.0 Å². The lowest BCUT2D eigenvalue weighted by atomic mass is 9.89. The van der Waals surface area contributed by atoms with Gasteiger partial charge >= 0.3 is 5.97 Å². The van der Waals surface area contributed by atoms with E-state index >= 15 is 0 Å². The predicted molar refractivity (Wildman–Crippen MR) is 80.1 cm³/mol. The van der Waals surface area contributed by atoms with Gasteiger partial charge in [0.2, 0.25) is 5.91 Å². The van der Waals surface area contributed by atoms with Gasteiger partial charge in [0, 0.05) is 17.0 Å². The van der Waals surface area contributed by atoms with Crippen LogP contribution in [0.2, 0.25) is 0 Å². The fraction of sp³-hybridized carbons (Fsp3) is 0.600. The van der Waals surface area contributed by atoms with Crippen molar-refractivity contribution in [2.24, 2.45) is 5.92 Å².